The van der Waals surface area contributed by atoms with E-state index in [4.69, 9.17) is 5.73 Å². The van der Waals surface area contributed by atoms with Crippen LogP contribution in [-0.4, -0.2) is 4.98 Å². The highest BCUT2D eigenvalue weighted by Crippen LogP contribution is 2.42. The number of halogens is 1. The maximum absolute atomic E-state index is 13.3. The first-order valence-corrected chi connectivity index (χ1v) is 5.70. The minimum absolute atomic E-state index is 0.0514. The van der Waals surface area contributed by atoms with Crippen molar-refractivity contribution in [3.63, 3.8) is 0 Å². The number of fused-ring (bicyclic) bond motifs is 1. The molecule has 1 aromatic heterocycles. The van der Waals surface area contributed by atoms with Crippen molar-refractivity contribution in [3.8, 4) is 0 Å². The van der Waals surface area contributed by atoms with Gasteiger partial charge in [0.05, 0.1) is 0 Å². The Hall–Kier alpha value is -1.35. The van der Waals surface area contributed by atoms with E-state index in [2.05, 4.69) is 4.98 Å². The molecule has 84 valence electrons. The van der Waals surface area contributed by atoms with Crippen molar-refractivity contribution in [3.05, 3.63) is 35.3 Å². The lowest BCUT2D eigenvalue weighted by molar-refractivity contribution is 0.625. The zero-order valence-electron chi connectivity index (χ0n) is 9.26. The van der Waals surface area contributed by atoms with Crippen LogP contribution in [0.1, 0.15) is 30.1 Å². The Morgan fingerprint density at radius 1 is 1.44 bits per heavy atom. The van der Waals surface area contributed by atoms with Gasteiger partial charge in [0.2, 0.25) is 0 Å². The second-order valence-electron chi connectivity index (χ2n) is 4.72. The predicted molar refractivity (Wildman–Crippen MR) is 62.6 cm³/mol. The fourth-order valence-corrected chi connectivity index (χ4v) is 2.44. The lowest BCUT2D eigenvalue weighted by Crippen LogP contribution is -2.13. The number of nitrogens with two attached hydrogens (primary N) is 1. The van der Waals surface area contributed by atoms with E-state index in [9.17, 15) is 4.39 Å². The largest absolute Gasteiger partial charge is 0.358 e. The minimum Gasteiger partial charge on any atom is -0.358 e. The smallest absolute Gasteiger partial charge is 0.123 e. The summed E-state index contributed by atoms with van der Waals surface area (Å²) in [5, 5.41) is 0.942. The molecule has 1 fully saturated rings. The molecule has 1 unspecified atom stereocenters. The fourth-order valence-electron chi connectivity index (χ4n) is 2.44. The molecule has 1 aromatic carbocycles. The first kappa shape index (κ1) is 9.85. The Kier molecular flexibility index (Phi) is 2.04. The molecule has 1 aliphatic rings. The van der Waals surface area contributed by atoms with E-state index in [-0.39, 0.29) is 11.9 Å². The van der Waals surface area contributed by atoms with Gasteiger partial charge in [-0.3, -0.25) is 0 Å². The van der Waals surface area contributed by atoms with Crippen LogP contribution >= 0.6 is 0 Å². The number of H-pyrrole nitrogens is 1. The quantitative estimate of drug-likeness (QED) is 0.799. The summed E-state index contributed by atoms with van der Waals surface area (Å²) >= 11 is 0. The van der Waals surface area contributed by atoms with E-state index in [1.54, 1.807) is 12.1 Å². The maximum Gasteiger partial charge on any atom is 0.123 e. The highest BCUT2D eigenvalue weighted by Gasteiger charge is 2.32. The van der Waals surface area contributed by atoms with Crippen molar-refractivity contribution >= 4 is 10.9 Å². The molecule has 0 amide bonds. The van der Waals surface area contributed by atoms with Gasteiger partial charge in [-0.1, -0.05) is 0 Å². The number of aromatic amines is 1. The van der Waals surface area contributed by atoms with Crippen LogP contribution in [0.5, 0.6) is 0 Å². The molecule has 16 heavy (non-hydrogen) atoms. The van der Waals surface area contributed by atoms with Gasteiger partial charge >= 0.3 is 0 Å². The van der Waals surface area contributed by atoms with Crippen molar-refractivity contribution in [2.45, 2.75) is 25.8 Å². The molecule has 3 rings (SSSR count). The summed E-state index contributed by atoms with van der Waals surface area (Å²) in [5.41, 5.74) is 9.36. The summed E-state index contributed by atoms with van der Waals surface area (Å²) in [7, 11) is 0. The first-order valence-electron chi connectivity index (χ1n) is 5.70. The van der Waals surface area contributed by atoms with Crippen LogP contribution in [0.15, 0.2) is 18.2 Å². The monoisotopic (exact) mass is 218 g/mol. The summed E-state index contributed by atoms with van der Waals surface area (Å²) in [6, 6.07) is 4.89. The van der Waals surface area contributed by atoms with Crippen molar-refractivity contribution < 1.29 is 4.39 Å². The highest BCUT2D eigenvalue weighted by atomic mass is 19.1. The number of hydrogen-bond donors (Lipinski definition) is 2. The molecule has 1 saturated carbocycles. The van der Waals surface area contributed by atoms with Gasteiger partial charge in [-0.05, 0) is 49.4 Å². The number of rotatable bonds is 2. The third-order valence-corrected chi connectivity index (χ3v) is 3.46. The molecule has 0 bridgehead atoms. The number of aryl methyl sites for hydroxylation is 1. The van der Waals surface area contributed by atoms with Gasteiger partial charge in [-0.25, -0.2) is 4.39 Å². The number of nitrogens with one attached hydrogen (secondary N) is 1. The van der Waals surface area contributed by atoms with Gasteiger partial charge in [0.25, 0.3) is 0 Å². The topological polar surface area (TPSA) is 41.8 Å². The van der Waals surface area contributed by atoms with E-state index in [1.807, 2.05) is 6.92 Å². The molecular formula is C13H15FN2. The van der Waals surface area contributed by atoms with E-state index in [0.29, 0.717) is 5.92 Å². The molecule has 0 radical (unpaired) electrons. The van der Waals surface area contributed by atoms with Crippen LogP contribution in [0.4, 0.5) is 4.39 Å². The molecule has 1 atom stereocenters. The van der Waals surface area contributed by atoms with Crippen LogP contribution < -0.4 is 5.73 Å². The van der Waals surface area contributed by atoms with Crippen LogP contribution in [0.25, 0.3) is 10.9 Å². The van der Waals surface area contributed by atoms with E-state index in [0.717, 1.165) is 22.2 Å². The van der Waals surface area contributed by atoms with Crippen LogP contribution in [0.2, 0.25) is 0 Å². The molecule has 1 aliphatic carbocycles. The molecule has 3 heteroatoms. The van der Waals surface area contributed by atoms with Gasteiger partial charge in [0, 0.05) is 22.6 Å². The summed E-state index contributed by atoms with van der Waals surface area (Å²) in [6.45, 7) is 2.01. The van der Waals surface area contributed by atoms with Crippen molar-refractivity contribution in [1.29, 1.82) is 0 Å². The minimum atomic E-state index is -0.198. The number of aromatic nitrogens is 1. The van der Waals surface area contributed by atoms with Gasteiger partial charge in [-0.15, -0.1) is 0 Å². The molecule has 3 N–H and O–H groups in total. The van der Waals surface area contributed by atoms with Crippen molar-refractivity contribution in [2.75, 3.05) is 0 Å². The second-order valence-corrected chi connectivity index (χ2v) is 4.72. The second kappa shape index (κ2) is 3.32. The van der Waals surface area contributed by atoms with Crippen molar-refractivity contribution in [1.82, 2.24) is 4.98 Å². The SMILES string of the molecule is Cc1[nH]c2ccc(F)cc2c1C(N)C1CC1. The Balaban J connectivity index is 2.20. The average Bonchev–Trinajstić information content (AvgIpc) is 3.01. The maximum atomic E-state index is 13.3. The van der Waals surface area contributed by atoms with Gasteiger partial charge in [0.15, 0.2) is 0 Å². The Bertz CT molecular complexity index is 540. The van der Waals surface area contributed by atoms with E-state index < -0.39 is 0 Å². The predicted octanol–water partition coefficient (Wildman–Crippen LogP) is 3.03. The molecule has 0 spiro atoms. The van der Waals surface area contributed by atoms with E-state index >= 15 is 0 Å². The van der Waals surface area contributed by atoms with Crippen LogP contribution in [-0.2, 0) is 0 Å². The highest BCUT2D eigenvalue weighted by molar-refractivity contribution is 5.85. The molecule has 2 nitrogen and oxygen atoms in total. The Labute approximate surface area is 93.6 Å². The Morgan fingerprint density at radius 3 is 2.88 bits per heavy atom. The lowest BCUT2D eigenvalue weighted by atomic mass is 10.00. The Morgan fingerprint density at radius 2 is 2.19 bits per heavy atom. The summed E-state index contributed by atoms with van der Waals surface area (Å²) in [5.74, 6) is 0.386. The van der Waals surface area contributed by atoms with Crippen LogP contribution in [0, 0.1) is 18.7 Å². The standard InChI is InChI=1S/C13H15FN2/c1-7-12(13(15)8-2-3-8)10-6-9(14)4-5-11(10)16-7/h4-6,8,13,16H,2-3,15H2,1H3. The fraction of sp³-hybridized carbons (Fsp3) is 0.385. The van der Waals surface area contributed by atoms with Gasteiger partial charge < -0.3 is 10.7 Å². The molecule has 2 aromatic rings. The lowest BCUT2D eigenvalue weighted by Gasteiger charge is -2.10. The number of benzene rings is 1. The molecule has 0 saturated heterocycles. The summed E-state index contributed by atoms with van der Waals surface area (Å²) < 4.78 is 13.3. The third-order valence-electron chi connectivity index (χ3n) is 3.46. The third kappa shape index (κ3) is 1.43. The normalized spacial score (nSPS) is 17.9. The summed E-state index contributed by atoms with van der Waals surface area (Å²) in [4.78, 5) is 3.27. The van der Waals surface area contributed by atoms with Gasteiger partial charge in [0.1, 0.15) is 5.82 Å². The molecule has 1 heterocycles. The van der Waals surface area contributed by atoms with Gasteiger partial charge in [-0.2, -0.15) is 0 Å². The average molecular weight is 218 g/mol. The van der Waals surface area contributed by atoms with Crippen LogP contribution in [0.3, 0.4) is 0 Å². The number of hydrogen-bond acceptors (Lipinski definition) is 1. The summed E-state index contributed by atoms with van der Waals surface area (Å²) in [6.07, 6.45) is 2.39. The zero-order chi connectivity index (χ0) is 11.3. The zero-order valence-corrected chi connectivity index (χ0v) is 9.26. The molecular weight excluding hydrogens is 203 g/mol. The first-order chi connectivity index (χ1) is 7.66. The van der Waals surface area contributed by atoms with Crippen molar-refractivity contribution in [2.24, 2.45) is 11.7 Å². The van der Waals surface area contributed by atoms with E-state index in [1.165, 1.54) is 18.9 Å². The molecule has 0 aliphatic heterocycles.